The summed E-state index contributed by atoms with van der Waals surface area (Å²) in [5.74, 6) is -1.73. The molecule has 3 aromatic carbocycles. The van der Waals surface area contributed by atoms with Gasteiger partial charge in [0.05, 0.1) is 11.6 Å². The maximum Gasteiger partial charge on any atom is 0.294 e. The lowest BCUT2D eigenvalue weighted by Crippen LogP contribution is -2.31. The van der Waals surface area contributed by atoms with Crippen molar-refractivity contribution in [2.24, 2.45) is 0 Å². The number of furan rings is 1. The lowest BCUT2D eigenvalue weighted by atomic mass is 9.94. The van der Waals surface area contributed by atoms with Gasteiger partial charge in [0, 0.05) is 16.1 Å². The summed E-state index contributed by atoms with van der Waals surface area (Å²) < 4.78 is 5.74. The zero-order valence-corrected chi connectivity index (χ0v) is 17.8. The SMILES string of the molecule is Cc1cccc(N2C(=O)C(O)=C(C(=O)c3cc4cc(Cl)ccc4o3)C2c2ccccc2)c1. The summed E-state index contributed by atoms with van der Waals surface area (Å²) >= 11 is 6.05. The second kappa shape index (κ2) is 7.70. The summed E-state index contributed by atoms with van der Waals surface area (Å²) in [4.78, 5) is 28.2. The van der Waals surface area contributed by atoms with E-state index in [0.29, 0.717) is 27.2 Å². The van der Waals surface area contributed by atoms with Gasteiger partial charge in [0.25, 0.3) is 5.91 Å². The van der Waals surface area contributed by atoms with Crippen LogP contribution in [0, 0.1) is 6.92 Å². The molecule has 1 aromatic heterocycles. The molecule has 6 heteroatoms. The first-order valence-corrected chi connectivity index (χ1v) is 10.4. The van der Waals surface area contributed by atoms with Gasteiger partial charge in [0.2, 0.25) is 5.78 Å². The minimum atomic E-state index is -0.796. The quantitative estimate of drug-likeness (QED) is 0.382. The van der Waals surface area contributed by atoms with Crippen LogP contribution in [0.4, 0.5) is 5.69 Å². The summed E-state index contributed by atoms with van der Waals surface area (Å²) in [5.41, 5.74) is 2.72. The van der Waals surface area contributed by atoms with Gasteiger partial charge in [-0.25, -0.2) is 0 Å². The van der Waals surface area contributed by atoms with Crippen LogP contribution in [-0.2, 0) is 4.79 Å². The average molecular weight is 444 g/mol. The molecular formula is C26H18ClNO4. The van der Waals surface area contributed by atoms with Crippen LogP contribution < -0.4 is 4.90 Å². The van der Waals surface area contributed by atoms with Crippen LogP contribution in [-0.4, -0.2) is 16.8 Å². The zero-order chi connectivity index (χ0) is 22.4. The molecule has 1 aliphatic heterocycles. The first-order chi connectivity index (χ1) is 15.4. The van der Waals surface area contributed by atoms with Crippen LogP contribution in [0.15, 0.2) is 94.6 Å². The predicted molar refractivity (Wildman–Crippen MR) is 123 cm³/mol. The Morgan fingerprint density at radius 2 is 1.78 bits per heavy atom. The Morgan fingerprint density at radius 3 is 2.53 bits per heavy atom. The number of benzene rings is 3. The van der Waals surface area contributed by atoms with Crippen molar-refractivity contribution in [3.8, 4) is 0 Å². The molecule has 0 aliphatic carbocycles. The Labute approximate surface area is 189 Å². The molecule has 2 heterocycles. The highest BCUT2D eigenvalue weighted by Crippen LogP contribution is 2.42. The molecule has 0 bridgehead atoms. The normalized spacial score (nSPS) is 16.2. The maximum atomic E-state index is 13.6. The van der Waals surface area contributed by atoms with Crippen LogP contribution in [0.2, 0.25) is 5.02 Å². The number of nitrogens with zero attached hydrogens (tertiary/aromatic N) is 1. The van der Waals surface area contributed by atoms with Crippen molar-refractivity contribution in [1.29, 1.82) is 0 Å². The van der Waals surface area contributed by atoms with E-state index < -0.39 is 23.5 Å². The molecule has 32 heavy (non-hydrogen) atoms. The lowest BCUT2D eigenvalue weighted by molar-refractivity contribution is -0.117. The summed E-state index contributed by atoms with van der Waals surface area (Å²) in [7, 11) is 0. The first-order valence-electron chi connectivity index (χ1n) is 10.1. The third-order valence-electron chi connectivity index (χ3n) is 5.55. The molecule has 1 aliphatic rings. The van der Waals surface area contributed by atoms with E-state index in [0.717, 1.165) is 5.56 Å². The Morgan fingerprint density at radius 1 is 1.00 bits per heavy atom. The number of fused-ring (bicyclic) bond motifs is 1. The number of hydrogen-bond acceptors (Lipinski definition) is 4. The largest absolute Gasteiger partial charge is 0.503 e. The third kappa shape index (κ3) is 3.27. The number of aliphatic hydroxyl groups excluding tert-OH is 1. The number of carbonyl (C=O) groups is 2. The van der Waals surface area contributed by atoms with E-state index in [1.165, 1.54) is 4.90 Å². The highest BCUT2D eigenvalue weighted by atomic mass is 35.5. The van der Waals surface area contributed by atoms with Crippen molar-refractivity contribution in [3.63, 3.8) is 0 Å². The van der Waals surface area contributed by atoms with Gasteiger partial charge < -0.3 is 9.52 Å². The summed E-state index contributed by atoms with van der Waals surface area (Å²) in [6, 6.07) is 22.4. The van der Waals surface area contributed by atoms with Gasteiger partial charge in [-0.15, -0.1) is 0 Å². The van der Waals surface area contributed by atoms with E-state index in [-0.39, 0.29) is 11.3 Å². The van der Waals surface area contributed by atoms with Gasteiger partial charge in [0.1, 0.15) is 5.58 Å². The molecule has 1 atom stereocenters. The van der Waals surface area contributed by atoms with Gasteiger partial charge in [-0.05, 0) is 54.4 Å². The highest BCUT2D eigenvalue weighted by molar-refractivity contribution is 6.31. The number of ketones is 1. The van der Waals surface area contributed by atoms with Crippen molar-refractivity contribution in [1.82, 2.24) is 0 Å². The fraction of sp³-hybridized carbons (Fsp3) is 0.0769. The van der Waals surface area contributed by atoms with Gasteiger partial charge >= 0.3 is 0 Å². The molecule has 5 rings (SSSR count). The van der Waals surface area contributed by atoms with Crippen molar-refractivity contribution >= 4 is 39.9 Å². The van der Waals surface area contributed by atoms with Crippen LogP contribution in [0.1, 0.15) is 27.7 Å². The second-order valence-corrected chi connectivity index (χ2v) is 8.15. The Bertz CT molecular complexity index is 1400. The van der Waals surface area contributed by atoms with Gasteiger partial charge in [0.15, 0.2) is 11.5 Å². The van der Waals surface area contributed by atoms with Crippen LogP contribution in [0.25, 0.3) is 11.0 Å². The van der Waals surface area contributed by atoms with E-state index in [4.69, 9.17) is 16.0 Å². The van der Waals surface area contributed by atoms with Crippen molar-refractivity contribution < 1.29 is 19.1 Å². The second-order valence-electron chi connectivity index (χ2n) is 7.71. The lowest BCUT2D eigenvalue weighted by Gasteiger charge is -2.27. The summed E-state index contributed by atoms with van der Waals surface area (Å²) in [6.45, 7) is 1.92. The van der Waals surface area contributed by atoms with Crippen LogP contribution >= 0.6 is 11.6 Å². The molecule has 0 saturated heterocycles. The van der Waals surface area contributed by atoms with E-state index >= 15 is 0 Å². The molecule has 0 radical (unpaired) electrons. The van der Waals surface area contributed by atoms with E-state index in [9.17, 15) is 14.7 Å². The molecule has 4 aromatic rings. The third-order valence-corrected chi connectivity index (χ3v) is 5.79. The smallest absolute Gasteiger partial charge is 0.294 e. The number of amides is 1. The Kier molecular flexibility index (Phi) is 4.83. The molecule has 1 unspecified atom stereocenters. The number of carbonyl (C=O) groups excluding carboxylic acids is 2. The molecule has 0 saturated carbocycles. The molecule has 5 nitrogen and oxygen atoms in total. The number of anilines is 1. The summed E-state index contributed by atoms with van der Waals surface area (Å²) in [5, 5.41) is 12.0. The molecule has 158 valence electrons. The topological polar surface area (TPSA) is 70.8 Å². The van der Waals surface area contributed by atoms with E-state index in [2.05, 4.69) is 0 Å². The maximum absolute atomic E-state index is 13.6. The van der Waals surface area contributed by atoms with E-state index in [1.807, 2.05) is 55.5 Å². The van der Waals surface area contributed by atoms with Gasteiger partial charge in [-0.3, -0.25) is 14.5 Å². The van der Waals surface area contributed by atoms with Crippen LogP contribution in [0.5, 0.6) is 0 Å². The number of Topliss-reactive ketones (excluding diaryl/α,β-unsaturated/α-hetero) is 1. The Balaban J connectivity index is 1.66. The average Bonchev–Trinajstić information content (AvgIpc) is 3.32. The Hall–Kier alpha value is -3.83. The number of halogens is 1. The number of aliphatic hydroxyl groups is 1. The van der Waals surface area contributed by atoms with Crippen LogP contribution in [0.3, 0.4) is 0 Å². The van der Waals surface area contributed by atoms with Crippen molar-refractivity contribution in [2.75, 3.05) is 4.90 Å². The molecular weight excluding hydrogens is 426 g/mol. The van der Waals surface area contributed by atoms with E-state index in [1.54, 1.807) is 30.3 Å². The fourth-order valence-electron chi connectivity index (χ4n) is 4.09. The zero-order valence-electron chi connectivity index (χ0n) is 17.1. The molecule has 0 spiro atoms. The standard InChI is InChI=1S/C26H18ClNO4/c1-15-6-5-9-19(12-15)28-23(16-7-3-2-4-8-16)22(25(30)26(28)31)24(29)21-14-17-13-18(27)10-11-20(17)32-21/h2-14,23,30H,1H3. The number of rotatable bonds is 4. The fourth-order valence-corrected chi connectivity index (χ4v) is 4.27. The monoisotopic (exact) mass is 443 g/mol. The minimum Gasteiger partial charge on any atom is -0.503 e. The number of aryl methyl sites for hydroxylation is 1. The highest BCUT2D eigenvalue weighted by Gasteiger charge is 2.45. The predicted octanol–water partition coefficient (Wildman–Crippen LogP) is 6.18. The molecule has 0 fully saturated rings. The molecule has 1 amide bonds. The summed E-state index contributed by atoms with van der Waals surface area (Å²) in [6.07, 6.45) is 0. The molecule has 1 N–H and O–H groups in total. The number of hydrogen-bond donors (Lipinski definition) is 1. The van der Waals surface area contributed by atoms with Gasteiger partial charge in [-0.2, -0.15) is 0 Å². The minimum absolute atomic E-state index is 0.0205. The first kappa shape index (κ1) is 20.1. The van der Waals surface area contributed by atoms with Gasteiger partial charge in [-0.1, -0.05) is 54.1 Å². The van der Waals surface area contributed by atoms with Crippen molar-refractivity contribution in [3.05, 3.63) is 112 Å². The van der Waals surface area contributed by atoms with Crippen molar-refractivity contribution in [2.45, 2.75) is 13.0 Å².